The Morgan fingerprint density at radius 2 is 1.89 bits per heavy atom. The van der Waals surface area contributed by atoms with Gasteiger partial charge in [0.05, 0.1) is 0 Å². The molecule has 0 heterocycles. The van der Waals surface area contributed by atoms with E-state index in [1.807, 2.05) is 13.8 Å². The molecule has 0 aliphatic carbocycles. The van der Waals surface area contributed by atoms with Crippen LogP contribution in [0.1, 0.15) is 40.0 Å². The Kier molecular flexibility index (Phi) is 7.42. The largest absolute Gasteiger partial charge is 0.480 e. The van der Waals surface area contributed by atoms with E-state index in [1.165, 1.54) is 11.4 Å². The van der Waals surface area contributed by atoms with Gasteiger partial charge in [0.25, 0.3) is 10.2 Å². The van der Waals surface area contributed by atoms with Crippen molar-refractivity contribution in [1.82, 2.24) is 8.61 Å². The van der Waals surface area contributed by atoms with Gasteiger partial charge in [-0.1, -0.05) is 20.3 Å². The minimum absolute atomic E-state index is 0.324. The smallest absolute Gasteiger partial charge is 0.318 e. The highest BCUT2D eigenvalue weighted by atomic mass is 32.2. The van der Waals surface area contributed by atoms with E-state index in [-0.39, 0.29) is 6.04 Å². The van der Waals surface area contributed by atoms with Crippen LogP contribution in [0.2, 0.25) is 0 Å². The molecule has 6 nitrogen and oxygen atoms in total. The zero-order chi connectivity index (χ0) is 14.3. The van der Waals surface area contributed by atoms with E-state index in [9.17, 15) is 13.2 Å². The fourth-order valence-corrected chi connectivity index (χ4v) is 3.07. The summed E-state index contributed by atoms with van der Waals surface area (Å²) in [6.07, 6.45) is 2.23. The van der Waals surface area contributed by atoms with Crippen LogP contribution in [0.15, 0.2) is 0 Å². The molecule has 0 aliphatic rings. The van der Waals surface area contributed by atoms with E-state index < -0.39 is 22.7 Å². The summed E-state index contributed by atoms with van der Waals surface area (Å²) >= 11 is 0. The zero-order valence-corrected chi connectivity index (χ0v) is 12.4. The van der Waals surface area contributed by atoms with Gasteiger partial charge in [0, 0.05) is 19.6 Å². The average Bonchev–Trinajstić information content (AvgIpc) is 2.31. The number of nitrogens with zero attached hydrogens (tertiary/aromatic N) is 2. The maximum Gasteiger partial charge on any atom is 0.318 e. The highest BCUT2D eigenvalue weighted by molar-refractivity contribution is 7.86. The first-order valence-electron chi connectivity index (χ1n) is 6.22. The van der Waals surface area contributed by atoms with Crippen molar-refractivity contribution in [1.29, 1.82) is 0 Å². The maximum absolute atomic E-state index is 12.3. The molecule has 1 atom stereocenters. The monoisotopic (exact) mass is 280 g/mol. The van der Waals surface area contributed by atoms with Crippen molar-refractivity contribution in [2.45, 2.75) is 46.1 Å². The van der Waals surface area contributed by atoms with Crippen molar-refractivity contribution in [3.63, 3.8) is 0 Å². The number of carboxylic acid groups (broad SMARTS) is 1. The second kappa shape index (κ2) is 7.70. The molecule has 0 radical (unpaired) electrons. The van der Waals surface area contributed by atoms with Crippen LogP contribution in [0.3, 0.4) is 0 Å². The molecule has 108 valence electrons. The first-order chi connectivity index (χ1) is 8.27. The molecular weight excluding hydrogens is 256 g/mol. The summed E-state index contributed by atoms with van der Waals surface area (Å²) in [5.41, 5.74) is 0. The minimum atomic E-state index is -3.69. The molecule has 0 aromatic carbocycles. The Morgan fingerprint density at radius 3 is 2.28 bits per heavy atom. The van der Waals surface area contributed by atoms with Gasteiger partial charge in [-0.2, -0.15) is 17.0 Å². The highest BCUT2D eigenvalue weighted by Gasteiger charge is 2.31. The van der Waals surface area contributed by atoms with E-state index in [0.717, 1.165) is 17.1 Å². The maximum atomic E-state index is 12.3. The van der Waals surface area contributed by atoms with Gasteiger partial charge in [0.1, 0.15) is 6.54 Å². The number of hydrogen-bond donors (Lipinski definition) is 1. The number of carbonyl (C=O) groups is 1. The third-order valence-corrected chi connectivity index (χ3v) is 4.94. The van der Waals surface area contributed by atoms with E-state index in [4.69, 9.17) is 5.11 Å². The third kappa shape index (κ3) is 4.91. The fourth-order valence-electron chi connectivity index (χ4n) is 1.48. The average molecular weight is 280 g/mol. The first-order valence-corrected chi connectivity index (χ1v) is 7.61. The lowest BCUT2D eigenvalue weighted by Crippen LogP contribution is -2.48. The lowest BCUT2D eigenvalue weighted by Gasteiger charge is -2.30. The van der Waals surface area contributed by atoms with Gasteiger partial charge in [-0.25, -0.2) is 0 Å². The number of aliphatic carboxylic acids is 1. The summed E-state index contributed by atoms with van der Waals surface area (Å²) in [5.74, 6) is -1.14. The molecule has 0 fully saturated rings. The number of rotatable bonds is 9. The SMILES string of the molecule is CCCCN(C)S(=O)(=O)N(CC(=O)O)C(C)CC. The molecule has 0 rings (SSSR count). The molecule has 7 heteroatoms. The summed E-state index contributed by atoms with van der Waals surface area (Å²) in [6, 6.07) is -0.324. The van der Waals surface area contributed by atoms with Gasteiger partial charge >= 0.3 is 5.97 Å². The fraction of sp³-hybridized carbons (Fsp3) is 0.909. The van der Waals surface area contributed by atoms with Crippen LogP contribution in [0.4, 0.5) is 0 Å². The second-order valence-corrected chi connectivity index (χ2v) is 6.37. The molecular formula is C11H24N2O4S. The van der Waals surface area contributed by atoms with Crippen molar-refractivity contribution in [3.8, 4) is 0 Å². The van der Waals surface area contributed by atoms with E-state index in [2.05, 4.69) is 0 Å². The van der Waals surface area contributed by atoms with Gasteiger partial charge in [0.15, 0.2) is 0 Å². The van der Waals surface area contributed by atoms with Gasteiger partial charge < -0.3 is 5.11 Å². The molecule has 18 heavy (non-hydrogen) atoms. The van der Waals surface area contributed by atoms with Crippen LogP contribution in [0, 0.1) is 0 Å². The number of carboxylic acids is 1. The van der Waals surface area contributed by atoms with E-state index in [1.54, 1.807) is 6.92 Å². The lowest BCUT2D eigenvalue weighted by molar-refractivity contribution is -0.137. The topological polar surface area (TPSA) is 77.9 Å². The number of hydrogen-bond acceptors (Lipinski definition) is 3. The first kappa shape index (κ1) is 17.3. The molecule has 0 amide bonds. The van der Waals surface area contributed by atoms with Crippen molar-refractivity contribution in [2.24, 2.45) is 0 Å². The highest BCUT2D eigenvalue weighted by Crippen LogP contribution is 2.14. The van der Waals surface area contributed by atoms with Gasteiger partial charge in [-0.3, -0.25) is 4.79 Å². The molecule has 1 unspecified atom stereocenters. The van der Waals surface area contributed by atoms with Crippen molar-refractivity contribution >= 4 is 16.2 Å². The van der Waals surface area contributed by atoms with Crippen LogP contribution < -0.4 is 0 Å². The van der Waals surface area contributed by atoms with Crippen LogP contribution in [-0.4, -0.2) is 54.3 Å². The molecule has 0 spiro atoms. The predicted molar refractivity (Wildman–Crippen MR) is 70.6 cm³/mol. The van der Waals surface area contributed by atoms with Crippen molar-refractivity contribution in [2.75, 3.05) is 20.1 Å². The predicted octanol–water partition coefficient (Wildman–Crippen LogP) is 1.15. The van der Waals surface area contributed by atoms with Crippen molar-refractivity contribution < 1.29 is 18.3 Å². The van der Waals surface area contributed by atoms with Gasteiger partial charge in [-0.15, -0.1) is 0 Å². The Balaban J connectivity index is 5.01. The number of unbranched alkanes of at least 4 members (excludes halogenated alkanes) is 1. The van der Waals surface area contributed by atoms with Crippen LogP contribution in [0.25, 0.3) is 0 Å². The normalized spacial score (nSPS) is 14.1. The summed E-state index contributed by atoms with van der Waals surface area (Å²) in [4.78, 5) is 10.8. The quantitative estimate of drug-likeness (QED) is 0.687. The van der Waals surface area contributed by atoms with Crippen LogP contribution >= 0.6 is 0 Å². The van der Waals surface area contributed by atoms with Crippen LogP contribution in [0.5, 0.6) is 0 Å². The van der Waals surface area contributed by atoms with Gasteiger partial charge in [-0.05, 0) is 19.8 Å². The van der Waals surface area contributed by atoms with Crippen molar-refractivity contribution in [3.05, 3.63) is 0 Å². The molecule has 0 saturated carbocycles. The molecule has 1 N–H and O–H groups in total. The molecule has 0 saturated heterocycles. The second-order valence-electron chi connectivity index (χ2n) is 4.38. The molecule has 0 bridgehead atoms. The summed E-state index contributed by atoms with van der Waals surface area (Å²) in [5, 5.41) is 8.82. The van der Waals surface area contributed by atoms with E-state index in [0.29, 0.717) is 13.0 Å². The molecule has 0 aromatic heterocycles. The third-order valence-electron chi connectivity index (χ3n) is 2.89. The standard InChI is InChI=1S/C11H24N2O4S/c1-5-7-8-12(4)18(16,17)13(9-11(14)15)10(3)6-2/h10H,5-9H2,1-4H3,(H,14,15). The molecule has 0 aromatic rings. The lowest BCUT2D eigenvalue weighted by atomic mass is 10.2. The summed E-state index contributed by atoms with van der Waals surface area (Å²) in [6.45, 7) is 5.44. The Labute approximate surface area is 110 Å². The van der Waals surface area contributed by atoms with E-state index >= 15 is 0 Å². The summed E-state index contributed by atoms with van der Waals surface area (Å²) in [7, 11) is -2.21. The Hall–Kier alpha value is -0.660. The zero-order valence-electron chi connectivity index (χ0n) is 11.6. The van der Waals surface area contributed by atoms with Crippen LogP contribution in [-0.2, 0) is 15.0 Å². The minimum Gasteiger partial charge on any atom is -0.480 e. The van der Waals surface area contributed by atoms with Gasteiger partial charge in [0.2, 0.25) is 0 Å². The molecule has 0 aliphatic heterocycles. The Morgan fingerprint density at radius 1 is 1.33 bits per heavy atom. The Bertz CT molecular complexity index is 356. The summed E-state index contributed by atoms with van der Waals surface area (Å²) < 4.78 is 26.8.